The lowest BCUT2D eigenvalue weighted by molar-refractivity contribution is 0.334. The fourth-order valence-electron chi connectivity index (χ4n) is 3.62. The van der Waals surface area contributed by atoms with Gasteiger partial charge in [-0.05, 0) is 18.1 Å². The molecule has 3 aromatic rings. The Morgan fingerprint density at radius 2 is 1.85 bits per heavy atom. The van der Waals surface area contributed by atoms with Crippen LogP contribution >= 0.6 is 0 Å². The minimum absolute atomic E-state index is 0.0760. The third-order valence-electron chi connectivity index (χ3n) is 4.91. The van der Waals surface area contributed by atoms with Crippen molar-refractivity contribution < 1.29 is 14.2 Å². The molecule has 0 unspecified atom stereocenters. The van der Waals surface area contributed by atoms with Crippen LogP contribution in [0, 0.1) is 0 Å². The number of methoxy groups -OCH3 is 3. The normalized spacial score (nSPS) is 18.3. The lowest BCUT2D eigenvalue weighted by Gasteiger charge is -2.32. The Kier molecular flexibility index (Phi) is 4.58. The molecule has 1 aromatic heterocycles. The standard InChI is InChI=1S/C20H22N4O3/c1-25-14-9-15(19(27-3)18(10-14)26-2)17-11-16(13-7-5-4-6-8-13)23-20-21-12-22-24(17)20/h4-10,12,16-17H,11H2,1-3H3,(H,21,22,23)/t16-,17-/m0/s1. The number of benzene rings is 2. The zero-order valence-corrected chi connectivity index (χ0v) is 15.5. The Balaban J connectivity index is 1.83. The van der Waals surface area contributed by atoms with Crippen LogP contribution in [0.4, 0.5) is 5.95 Å². The minimum Gasteiger partial charge on any atom is -0.497 e. The Bertz CT molecular complexity index is 926. The number of nitrogens with one attached hydrogen (secondary N) is 1. The van der Waals surface area contributed by atoms with Gasteiger partial charge in [0.15, 0.2) is 11.5 Å². The smallest absolute Gasteiger partial charge is 0.222 e. The van der Waals surface area contributed by atoms with Crippen molar-refractivity contribution in [2.45, 2.75) is 18.5 Å². The van der Waals surface area contributed by atoms with E-state index in [1.165, 1.54) is 5.56 Å². The molecule has 0 saturated carbocycles. The van der Waals surface area contributed by atoms with Crippen molar-refractivity contribution in [3.63, 3.8) is 0 Å². The minimum atomic E-state index is -0.0760. The fraction of sp³-hybridized carbons (Fsp3) is 0.300. The summed E-state index contributed by atoms with van der Waals surface area (Å²) in [6.45, 7) is 0. The number of rotatable bonds is 5. The van der Waals surface area contributed by atoms with Gasteiger partial charge in [-0.3, -0.25) is 0 Å². The van der Waals surface area contributed by atoms with E-state index in [1.54, 1.807) is 27.7 Å². The van der Waals surface area contributed by atoms with Crippen LogP contribution in [-0.2, 0) is 0 Å². The molecular weight excluding hydrogens is 344 g/mol. The molecule has 0 aliphatic carbocycles. The molecule has 7 heteroatoms. The van der Waals surface area contributed by atoms with E-state index in [0.29, 0.717) is 17.2 Å². The van der Waals surface area contributed by atoms with Gasteiger partial charge < -0.3 is 19.5 Å². The van der Waals surface area contributed by atoms with Crippen LogP contribution in [0.5, 0.6) is 17.2 Å². The molecule has 7 nitrogen and oxygen atoms in total. The molecule has 1 aliphatic heterocycles. The van der Waals surface area contributed by atoms with Gasteiger partial charge in [-0.1, -0.05) is 30.3 Å². The fourth-order valence-corrected chi connectivity index (χ4v) is 3.62. The molecule has 1 aliphatic rings. The molecule has 1 N–H and O–H groups in total. The maximum atomic E-state index is 5.69. The Labute approximate surface area is 157 Å². The second-order valence-corrected chi connectivity index (χ2v) is 6.34. The van der Waals surface area contributed by atoms with Gasteiger partial charge in [0.2, 0.25) is 5.95 Å². The molecule has 0 amide bonds. The van der Waals surface area contributed by atoms with Crippen molar-refractivity contribution in [1.29, 1.82) is 0 Å². The topological polar surface area (TPSA) is 70.4 Å². The van der Waals surface area contributed by atoms with E-state index >= 15 is 0 Å². The second kappa shape index (κ2) is 7.19. The molecule has 4 rings (SSSR count). The van der Waals surface area contributed by atoms with E-state index in [0.717, 1.165) is 17.9 Å². The summed E-state index contributed by atoms with van der Waals surface area (Å²) < 4.78 is 18.6. The number of nitrogens with zero attached hydrogens (tertiary/aromatic N) is 3. The summed E-state index contributed by atoms with van der Waals surface area (Å²) in [5.74, 6) is 2.74. The van der Waals surface area contributed by atoms with Gasteiger partial charge >= 0.3 is 0 Å². The molecule has 27 heavy (non-hydrogen) atoms. The van der Waals surface area contributed by atoms with Gasteiger partial charge in [0.1, 0.15) is 12.1 Å². The first-order valence-electron chi connectivity index (χ1n) is 8.76. The first-order chi connectivity index (χ1) is 13.2. The maximum Gasteiger partial charge on any atom is 0.222 e. The first kappa shape index (κ1) is 17.2. The van der Waals surface area contributed by atoms with Crippen LogP contribution in [0.15, 0.2) is 48.8 Å². The number of ether oxygens (including phenoxy) is 3. The second-order valence-electron chi connectivity index (χ2n) is 6.34. The molecule has 2 aromatic carbocycles. The van der Waals surface area contributed by atoms with Crippen LogP contribution in [0.25, 0.3) is 0 Å². The van der Waals surface area contributed by atoms with Crippen LogP contribution in [0.3, 0.4) is 0 Å². The quantitative estimate of drug-likeness (QED) is 0.746. The van der Waals surface area contributed by atoms with Crippen molar-refractivity contribution in [3.8, 4) is 17.2 Å². The van der Waals surface area contributed by atoms with E-state index in [4.69, 9.17) is 14.2 Å². The molecule has 0 spiro atoms. The first-order valence-corrected chi connectivity index (χ1v) is 8.76. The van der Waals surface area contributed by atoms with Crippen molar-refractivity contribution >= 4 is 5.95 Å². The number of anilines is 1. The number of aromatic nitrogens is 3. The molecule has 0 saturated heterocycles. The Morgan fingerprint density at radius 3 is 2.56 bits per heavy atom. The third kappa shape index (κ3) is 3.05. The van der Waals surface area contributed by atoms with E-state index < -0.39 is 0 Å². The van der Waals surface area contributed by atoms with Crippen LogP contribution in [0.2, 0.25) is 0 Å². The summed E-state index contributed by atoms with van der Waals surface area (Å²) in [6.07, 6.45) is 2.35. The summed E-state index contributed by atoms with van der Waals surface area (Å²) in [5, 5.41) is 7.91. The molecule has 0 fully saturated rings. The SMILES string of the molecule is COc1cc(OC)c(OC)c([C@@H]2C[C@@H](c3ccccc3)Nc3ncnn32)c1. The molecular formula is C20H22N4O3. The molecule has 0 radical (unpaired) electrons. The molecule has 140 valence electrons. The van der Waals surface area contributed by atoms with E-state index in [9.17, 15) is 0 Å². The predicted molar refractivity (Wildman–Crippen MR) is 102 cm³/mol. The number of hydrogen-bond acceptors (Lipinski definition) is 6. The molecule has 0 bridgehead atoms. The summed E-state index contributed by atoms with van der Waals surface area (Å²) in [7, 11) is 4.91. The maximum absolute atomic E-state index is 5.69. The lowest BCUT2D eigenvalue weighted by atomic mass is 9.92. The van der Waals surface area contributed by atoms with Crippen LogP contribution in [-0.4, -0.2) is 36.1 Å². The summed E-state index contributed by atoms with van der Waals surface area (Å²) in [5.41, 5.74) is 2.15. The Morgan fingerprint density at radius 1 is 1.04 bits per heavy atom. The van der Waals surface area contributed by atoms with E-state index in [2.05, 4.69) is 27.5 Å². The molecule has 2 atom stereocenters. The highest BCUT2D eigenvalue weighted by Crippen LogP contribution is 2.45. The van der Waals surface area contributed by atoms with Crippen molar-refractivity contribution in [3.05, 3.63) is 59.9 Å². The summed E-state index contributed by atoms with van der Waals surface area (Å²) >= 11 is 0. The molecule has 2 heterocycles. The van der Waals surface area contributed by atoms with Crippen molar-refractivity contribution in [2.75, 3.05) is 26.6 Å². The zero-order chi connectivity index (χ0) is 18.8. The number of fused-ring (bicyclic) bond motifs is 1. The van der Waals surface area contributed by atoms with E-state index in [1.807, 2.05) is 35.0 Å². The van der Waals surface area contributed by atoms with Crippen LogP contribution in [0.1, 0.15) is 29.6 Å². The zero-order valence-electron chi connectivity index (χ0n) is 15.5. The monoisotopic (exact) mass is 366 g/mol. The average Bonchev–Trinajstić information content (AvgIpc) is 3.21. The lowest BCUT2D eigenvalue weighted by Crippen LogP contribution is -2.28. The third-order valence-corrected chi connectivity index (χ3v) is 4.91. The predicted octanol–water partition coefficient (Wildman–Crippen LogP) is 3.45. The van der Waals surface area contributed by atoms with Crippen molar-refractivity contribution in [2.24, 2.45) is 0 Å². The highest BCUT2D eigenvalue weighted by Gasteiger charge is 2.33. The number of hydrogen-bond donors (Lipinski definition) is 1. The highest BCUT2D eigenvalue weighted by molar-refractivity contribution is 5.54. The van der Waals surface area contributed by atoms with Gasteiger partial charge in [0.25, 0.3) is 0 Å². The van der Waals surface area contributed by atoms with E-state index in [-0.39, 0.29) is 12.1 Å². The Hall–Kier alpha value is -3.22. The van der Waals surface area contributed by atoms with Gasteiger partial charge in [0.05, 0.1) is 33.4 Å². The highest BCUT2D eigenvalue weighted by atomic mass is 16.5. The van der Waals surface area contributed by atoms with Crippen LogP contribution < -0.4 is 19.5 Å². The summed E-state index contributed by atoms with van der Waals surface area (Å²) in [6, 6.07) is 14.2. The van der Waals surface area contributed by atoms with Crippen molar-refractivity contribution in [1.82, 2.24) is 14.8 Å². The van der Waals surface area contributed by atoms with Gasteiger partial charge in [-0.25, -0.2) is 4.68 Å². The van der Waals surface area contributed by atoms with Gasteiger partial charge in [-0.15, -0.1) is 0 Å². The van der Waals surface area contributed by atoms with Gasteiger partial charge in [0, 0.05) is 11.6 Å². The summed E-state index contributed by atoms with van der Waals surface area (Å²) in [4.78, 5) is 4.39. The largest absolute Gasteiger partial charge is 0.497 e. The van der Waals surface area contributed by atoms with Gasteiger partial charge in [-0.2, -0.15) is 10.1 Å². The average molecular weight is 366 g/mol.